The van der Waals surface area contributed by atoms with Crippen molar-refractivity contribution in [3.63, 3.8) is 0 Å². The fourth-order valence-corrected chi connectivity index (χ4v) is 5.84. The summed E-state index contributed by atoms with van der Waals surface area (Å²) < 4.78 is 0. The van der Waals surface area contributed by atoms with Gasteiger partial charge in [-0.05, 0) is 41.5 Å². The van der Waals surface area contributed by atoms with Gasteiger partial charge in [0.15, 0.2) is 0 Å². The van der Waals surface area contributed by atoms with Gasteiger partial charge in [0.05, 0.1) is 11.8 Å². The van der Waals surface area contributed by atoms with Crippen molar-refractivity contribution in [2.24, 2.45) is 35.5 Å². The Labute approximate surface area is 162 Å². The Morgan fingerprint density at radius 3 is 2.29 bits per heavy atom. The fourth-order valence-electron chi connectivity index (χ4n) is 5.84. The number of benzene rings is 2. The van der Waals surface area contributed by atoms with E-state index in [9.17, 15) is 14.4 Å². The van der Waals surface area contributed by atoms with Gasteiger partial charge in [-0.2, -0.15) is 0 Å². The quantitative estimate of drug-likeness (QED) is 0.666. The van der Waals surface area contributed by atoms with Gasteiger partial charge in [0.25, 0.3) is 0 Å². The predicted molar refractivity (Wildman–Crippen MR) is 104 cm³/mol. The average Bonchev–Trinajstić information content (AvgIpc) is 3.49. The first-order valence-corrected chi connectivity index (χ1v) is 9.94. The van der Waals surface area contributed by atoms with Crippen LogP contribution in [0.15, 0.2) is 54.6 Å². The highest BCUT2D eigenvalue weighted by atomic mass is 16.2. The molecule has 1 heterocycles. The van der Waals surface area contributed by atoms with Crippen LogP contribution in [0.1, 0.15) is 6.42 Å². The molecule has 3 amide bonds. The lowest BCUT2D eigenvalue weighted by atomic mass is 9.63. The summed E-state index contributed by atoms with van der Waals surface area (Å²) >= 11 is 0. The van der Waals surface area contributed by atoms with Crippen LogP contribution in [0.4, 0.5) is 5.69 Å². The Morgan fingerprint density at radius 1 is 0.929 bits per heavy atom. The van der Waals surface area contributed by atoms with Gasteiger partial charge in [-0.3, -0.25) is 19.3 Å². The summed E-state index contributed by atoms with van der Waals surface area (Å²) in [5.74, 6) is 0.344. The van der Waals surface area contributed by atoms with Gasteiger partial charge in [0, 0.05) is 11.1 Å². The summed E-state index contributed by atoms with van der Waals surface area (Å²) in [5.41, 5.74) is 0.697. The molecule has 140 valence electrons. The van der Waals surface area contributed by atoms with Crippen molar-refractivity contribution in [3.05, 3.63) is 54.6 Å². The first kappa shape index (κ1) is 16.0. The lowest BCUT2D eigenvalue weighted by molar-refractivity contribution is -0.142. The number of amides is 3. The van der Waals surface area contributed by atoms with Crippen molar-refractivity contribution < 1.29 is 14.4 Å². The molecule has 0 unspecified atom stereocenters. The molecule has 0 aromatic heterocycles. The maximum absolute atomic E-state index is 13.0. The summed E-state index contributed by atoms with van der Waals surface area (Å²) in [6, 6.07) is 13.5. The van der Waals surface area contributed by atoms with Crippen LogP contribution in [0.5, 0.6) is 0 Å². The Kier molecular flexibility index (Phi) is 3.17. The number of hydrogen-bond donors (Lipinski definition) is 1. The SMILES string of the molecule is O=C(CN1C(=O)[C@@H]2[C@@H]3C=C[C@H]([C@H]4C[C@H]34)[C@@H]2C1=O)Nc1cccc2ccccc12. The third-order valence-electron chi connectivity index (χ3n) is 7.12. The van der Waals surface area contributed by atoms with Crippen LogP contribution in [-0.2, 0) is 14.4 Å². The van der Waals surface area contributed by atoms with Crippen molar-refractivity contribution in [2.45, 2.75) is 6.42 Å². The third kappa shape index (κ3) is 2.10. The summed E-state index contributed by atoms with van der Waals surface area (Å²) in [7, 11) is 0. The molecule has 0 radical (unpaired) electrons. The van der Waals surface area contributed by atoms with Crippen LogP contribution in [0.2, 0.25) is 0 Å². The highest BCUT2D eigenvalue weighted by molar-refractivity contribution is 6.10. The van der Waals surface area contributed by atoms with Crippen molar-refractivity contribution >= 4 is 34.2 Å². The zero-order valence-corrected chi connectivity index (χ0v) is 15.2. The van der Waals surface area contributed by atoms with Gasteiger partial charge in [-0.15, -0.1) is 0 Å². The van der Waals surface area contributed by atoms with Gasteiger partial charge < -0.3 is 5.32 Å². The number of nitrogens with zero attached hydrogens (tertiary/aromatic N) is 1. The first-order valence-electron chi connectivity index (χ1n) is 9.94. The molecule has 2 saturated carbocycles. The molecule has 4 aliphatic carbocycles. The highest BCUT2D eigenvalue weighted by Gasteiger charge is 2.67. The highest BCUT2D eigenvalue weighted by Crippen LogP contribution is 2.65. The smallest absolute Gasteiger partial charge is 0.244 e. The van der Waals surface area contributed by atoms with Crippen molar-refractivity contribution in [1.29, 1.82) is 0 Å². The van der Waals surface area contributed by atoms with Gasteiger partial charge in [0.2, 0.25) is 17.7 Å². The summed E-state index contributed by atoms with van der Waals surface area (Å²) in [4.78, 5) is 39.9. The minimum absolute atomic E-state index is 0.159. The summed E-state index contributed by atoms with van der Waals surface area (Å²) in [6.45, 7) is -0.206. The number of hydrogen-bond acceptors (Lipinski definition) is 3. The molecule has 5 nitrogen and oxygen atoms in total. The molecule has 7 rings (SSSR count). The maximum Gasteiger partial charge on any atom is 0.244 e. The van der Waals surface area contributed by atoms with E-state index < -0.39 is 0 Å². The van der Waals surface area contributed by atoms with Gasteiger partial charge in [-0.1, -0.05) is 48.6 Å². The molecule has 1 aliphatic heterocycles. The molecule has 6 atom stereocenters. The Bertz CT molecular complexity index is 1030. The van der Waals surface area contributed by atoms with E-state index in [4.69, 9.17) is 0 Å². The summed E-state index contributed by atoms with van der Waals surface area (Å²) in [5, 5.41) is 4.86. The van der Waals surface area contributed by atoms with Crippen molar-refractivity contribution in [1.82, 2.24) is 4.90 Å². The molecule has 2 bridgehead atoms. The number of carbonyl (C=O) groups excluding carboxylic acids is 3. The standard InChI is InChI=1S/C23H20N2O3/c26-19(24-18-7-3-5-12-4-1-2-6-13(12)18)11-25-22(27)20-14-8-9-15(17-10-16(14)17)21(20)23(25)28/h1-9,14-17,20-21H,10-11H2,(H,24,26)/t14-,15-,16-,17-,20-,21+/m1/s1. The number of rotatable bonds is 3. The molecule has 2 aromatic rings. The Morgan fingerprint density at radius 2 is 1.57 bits per heavy atom. The van der Waals surface area contributed by atoms with E-state index in [-0.39, 0.29) is 47.9 Å². The van der Waals surface area contributed by atoms with E-state index in [0.717, 1.165) is 17.2 Å². The second-order valence-corrected chi connectivity index (χ2v) is 8.49. The van der Waals surface area contributed by atoms with E-state index in [1.807, 2.05) is 42.5 Å². The second-order valence-electron chi connectivity index (χ2n) is 8.49. The minimum atomic E-state index is -0.331. The fraction of sp³-hybridized carbons (Fsp3) is 0.348. The second kappa shape index (κ2) is 5.53. The Balaban J connectivity index is 1.23. The van der Waals surface area contributed by atoms with Crippen LogP contribution in [0, 0.1) is 35.5 Å². The Hall–Kier alpha value is -2.95. The zero-order chi connectivity index (χ0) is 19.0. The van der Waals surface area contributed by atoms with Crippen LogP contribution >= 0.6 is 0 Å². The molecular formula is C23H20N2O3. The van der Waals surface area contributed by atoms with E-state index in [1.165, 1.54) is 4.90 Å². The molecular weight excluding hydrogens is 352 g/mol. The number of carbonyl (C=O) groups is 3. The minimum Gasteiger partial charge on any atom is -0.324 e. The van der Waals surface area contributed by atoms with Crippen LogP contribution in [0.3, 0.4) is 0 Å². The van der Waals surface area contributed by atoms with Gasteiger partial charge in [-0.25, -0.2) is 0 Å². The number of likely N-dealkylation sites (tertiary alicyclic amines) is 1. The van der Waals surface area contributed by atoms with Crippen LogP contribution < -0.4 is 5.32 Å². The molecule has 5 aliphatic rings. The lowest BCUT2D eigenvalue weighted by Crippen LogP contribution is -2.40. The largest absolute Gasteiger partial charge is 0.324 e. The molecule has 2 aromatic carbocycles. The van der Waals surface area contributed by atoms with Crippen LogP contribution in [-0.4, -0.2) is 29.2 Å². The lowest BCUT2D eigenvalue weighted by Gasteiger charge is -2.37. The number of nitrogens with one attached hydrogen (secondary N) is 1. The number of allylic oxidation sites excluding steroid dienone is 2. The molecule has 1 N–H and O–H groups in total. The number of anilines is 1. The van der Waals surface area contributed by atoms with Crippen molar-refractivity contribution in [3.8, 4) is 0 Å². The van der Waals surface area contributed by atoms with E-state index >= 15 is 0 Å². The van der Waals surface area contributed by atoms with E-state index in [1.54, 1.807) is 0 Å². The van der Waals surface area contributed by atoms with Gasteiger partial charge >= 0.3 is 0 Å². The zero-order valence-electron chi connectivity index (χ0n) is 15.2. The third-order valence-corrected chi connectivity index (χ3v) is 7.12. The van der Waals surface area contributed by atoms with Crippen molar-refractivity contribution in [2.75, 3.05) is 11.9 Å². The van der Waals surface area contributed by atoms with E-state index in [0.29, 0.717) is 17.5 Å². The predicted octanol–water partition coefficient (Wildman–Crippen LogP) is 2.83. The molecule has 1 saturated heterocycles. The monoisotopic (exact) mass is 372 g/mol. The van der Waals surface area contributed by atoms with Crippen LogP contribution in [0.25, 0.3) is 10.8 Å². The normalized spacial score (nSPS) is 34.5. The number of fused-ring (bicyclic) bond motifs is 1. The number of imide groups is 1. The first-order chi connectivity index (χ1) is 13.6. The molecule has 0 spiro atoms. The molecule has 3 fully saturated rings. The molecule has 5 heteroatoms. The maximum atomic E-state index is 13.0. The molecule has 28 heavy (non-hydrogen) atoms. The average molecular weight is 372 g/mol. The van der Waals surface area contributed by atoms with Gasteiger partial charge in [0.1, 0.15) is 6.54 Å². The summed E-state index contributed by atoms with van der Waals surface area (Å²) in [6.07, 6.45) is 5.42. The topological polar surface area (TPSA) is 66.5 Å². The van der Waals surface area contributed by atoms with E-state index in [2.05, 4.69) is 17.5 Å².